The molecule has 78 valence electrons. The van der Waals surface area contributed by atoms with Crippen LogP contribution in [0.15, 0.2) is 12.3 Å². The molecule has 1 rings (SSSR count). The van der Waals surface area contributed by atoms with Gasteiger partial charge in [-0.25, -0.2) is 9.37 Å². The van der Waals surface area contributed by atoms with E-state index >= 15 is 0 Å². The zero-order valence-electron chi connectivity index (χ0n) is 7.93. The number of rotatable bonds is 4. The van der Waals surface area contributed by atoms with Gasteiger partial charge >= 0.3 is 0 Å². The van der Waals surface area contributed by atoms with Gasteiger partial charge in [-0.3, -0.25) is 0 Å². The summed E-state index contributed by atoms with van der Waals surface area (Å²) in [6.07, 6.45) is 2.17. The minimum absolute atomic E-state index is 0.100. The van der Waals surface area contributed by atoms with Gasteiger partial charge in [0.15, 0.2) is 11.6 Å². The van der Waals surface area contributed by atoms with Gasteiger partial charge in [-0.15, -0.1) is 0 Å². The highest BCUT2D eigenvalue weighted by molar-refractivity contribution is 6.30. The molecule has 0 amide bonds. The molecule has 0 aliphatic carbocycles. The molecular formula is C9H13ClFN3. The van der Waals surface area contributed by atoms with Gasteiger partial charge in [-0.05, 0) is 26.0 Å². The molecule has 1 aromatic heterocycles. The van der Waals surface area contributed by atoms with Gasteiger partial charge in [0, 0.05) is 12.2 Å². The molecule has 0 bridgehead atoms. The van der Waals surface area contributed by atoms with Gasteiger partial charge in [0.05, 0.1) is 5.02 Å². The van der Waals surface area contributed by atoms with E-state index in [0.717, 1.165) is 6.42 Å². The number of pyridine rings is 1. The highest BCUT2D eigenvalue weighted by Gasteiger charge is 2.07. The lowest BCUT2D eigenvalue weighted by molar-refractivity contribution is 0.616. The lowest BCUT2D eigenvalue weighted by Gasteiger charge is -2.13. The van der Waals surface area contributed by atoms with Crippen molar-refractivity contribution in [3.8, 4) is 0 Å². The summed E-state index contributed by atoms with van der Waals surface area (Å²) in [5.41, 5.74) is 5.37. The molecule has 1 heterocycles. The summed E-state index contributed by atoms with van der Waals surface area (Å²) in [5, 5.41) is 3.20. The first-order valence-corrected chi connectivity index (χ1v) is 4.79. The summed E-state index contributed by atoms with van der Waals surface area (Å²) >= 11 is 5.56. The van der Waals surface area contributed by atoms with E-state index in [2.05, 4.69) is 10.3 Å². The largest absolute Gasteiger partial charge is 0.365 e. The van der Waals surface area contributed by atoms with Crippen LogP contribution >= 0.6 is 11.6 Å². The quantitative estimate of drug-likeness (QED) is 0.812. The second kappa shape index (κ2) is 5.12. The average Bonchev–Trinajstić information content (AvgIpc) is 2.10. The molecule has 0 fully saturated rings. The van der Waals surface area contributed by atoms with Crippen LogP contribution in [0.25, 0.3) is 0 Å². The van der Waals surface area contributed by atoms with Crippen LogP contribution in [0.2, 0.25) is 5.02 Å². The monoisotopic (exact) mass is 217 g/mol. The molecule has 14 heavy (non-hydrogen) atoms. The van der Waals surface area contributed by atoms with Gasteiger partial charge in [0.25, 0.3) is 0 Å². The molecule has 0 spiro atoms. The van der Waals surface area contributed by atoms with E-state index in [0.29, 0.717) is 11.6 Å². The molecule has 5 heteroatoms. The second-order valence-electron chi connectivity index (χ2n) is 3.11. The maximum absolute atomic E-state index is 13.2. The molecule has 1 unspecified atom stereocenters. The van der Waals surface area contributed by atoms with Crippen LogP contribution < -0.4 is 11.1 Å². The average molecular weight is 218 g/mol. The fourth-order valence-corrected chi connectivity index (χ4v) is 1.22. The lowest BCUT2D eigenvalue weighted by Crippen LogP contribution is -2.20. The third kappa shape index (κ3) is 3.12. The van der Waals surface area contributed by atoms with E-state index in [-0.39, 0.29) is 11.9 Å². The van der Waals surface area contributed by atoms with E-state index in [9.17, 15) is 4.39 Å². The Morgan fingerprint density at radius 1 is 1.71 bits per heavy atom. The third-order valence-corrected chi connectivity index (χ3v) is 2.00. The van der Waals surface area contributed by atoms with Crippen LogP contribution in [0.1, 0.15) is 13.3 Å². The van der Waals surface area contributed by atoms with Gasteiger partial charge in [-0.1, -0.05) is 11.6 Å². The van der Waals surface area contributed by atoms with E-state index in [1.165, 1.54) is 12.3 Å². The Labute approximate surface area is 87.5 Å². The standard InChI is InChI=1S/C9H13ClFN3/c1-6(2-3-12)14-9-8(11)4-7(10)5-13-9/h4-6H,2-3,12H2,1H3,(H,13,14). The SMILES string of the molecule is CC(CCN)Nc1ncc(Cl)cc1F. The maximum atomic E-state index is 13.2. The highest BCUT2D eigenvalue weighted by Crippen LogP contribution is 2.16. The van der Waals surface area contributed by atoms with Crippen LogP contribution in [-0.2, 0) is 0 Å². The van der Waals surface area contributed by atoms with Crippen molar-refractivity contribution in [2.45, 2.75) is 19.4 Å². The predicted octanol–water partition coefficient (Wildman–Crippen LogP) is 2.02. The number of aromatic nitrogens is 1. The molecule has 3 N–H and O–H groups in total. The van der Waals surface area contributed by atoms with Gasteiger partial charge < -0.3 is 11.1 Å². The van der Waals surface area contributed by atoms with E-state index in [1.54, 1.807) is 0 Å². The molecule has 3 nitrogen and oxygen atoms in total. The molecular weight excluding hydrogens is 205 g/mol. The normalized spacial score (nSPS) is 12.6. The number of halogens is 2. The summed E-state index contributed by atoms with van der Waals surface area (Å²) in [6, 6.07) is 1.33. The summed E-state index contributed by atoms with van der Waals surface area (Å²) < 4.78 is 13.2. The van der Waals surface area contributed by atoms with Crippen molar-refractivity contribution in [1.29, 1.82) is 0 Å². The Hall–Kier alpha value is -0.870. The van der Waals surface area contributed by atoms with Crippen LogP contribution in [0.4, 0.5) is 10.2 Å². The minimum Gasteiger partial charge on any atom is -0.365 e. The zero-order valence-corrected chi connectivity index (χ0v) is 8.68. The minimum atomic E-state index is -0.443. The Morgan fingerprint density at radius 2 is 2.43 bits per heavy atom. The van der Waals surface area contributed by atoms with E-state index < -0.39 is 5.82 Å². The summed E-state index contributed by atoms with van der Waals surface area (Å²) in [6.45, 7) is 2.48. The van der Waals surface area contributed by atoms with Crippen molar-refractivity contribution < 1.29 is 4.39 Å². The number of hydrogen-bond acceptors (Lipinski definition) is 3. The third-order valence-electron chi connectivity index (χ3n) is 1.79. The fraction of sp³-hybridized carbons (Fsp3) is 0.444. The maximum Gasteiger partial charge on any atom is 0.166 e. The molecule has 0 saturated carbocycles. The summed E-state index contributed by atoms with van der Waals surface area (Å²) in [7, 11) is 0. The first-order valence-electron chi connectivity index (χ1n) is 4.41. The van der Waals surface area contributed by atoms with Crippen molar-refractivity contribution in [3.63, 3.8) is 0 Å². The van der Waals surface area contributed by atoms with E-state index in [4.69, 9.17) is 17.3 Å². The zero-order chi connectivity index (χ0) is 10.6. The first-order chi connectivity index (χ1) is 6.63. The first kappa shape index (κ1) is 11.2. The fourth-order valence-electron chi connectivity index (χ4n) is 1.08. The Kier molecular flexibility index (Phi) is 4.10. The summed E-state index contributed by atoms with van der Waals surface area (Å²) in [5.74, 6) is -0.225. The smallest absolute Gasteiger partial charge is 0.166 e. The number of nitrogens with zero attached hydrogens (tertiary/aromatic N) is 1. The Morgan fingerprint density at radius 3 is 3.00 bits per heavy atom. The molecule has 0 saturated heterocycles. The number of anilines is 1. The van der Waals surface area contributed by atoms with Gasteiger partial charge in [-0.2, -0.15) is 0 Å². The van der Waals surface area contributed by atoms with Crippen LogP contribution in [0.3, 0.4) is 0 Å². The van der Waals surface area contributed by atoms with Crippen molar-refractivity contribution in [2.75, 3.05) is 11.9 Å². The predicted molar refractivity (Wildman–Crippen MR) is 56.0 cm³/mol. The lowest BCUT2D eigenvalue weighted by atomic mass is 10.2. The molecule has 0 aliphatic rings. The van der Waals surface area contributed by atoms with Crippen LogP contribution in [0, 0.1) is 5.82 Å². The number of nitrogens with one attached hydrogen (secondary N) is 1. The van der Waals surface area contributed by atoms with Crippen molar-refractivity contribution in [1.82, 2.24) is 4.98 Å². The number of nitrogens with two attached hydrogens (primary N) is 1. The van der Waals surface area contributed by atoms with Crippen molar-refractivity contribution in [2.24, 2.45) is 5.73 Å². The summed E-state index contributed by atoms with van der Waals surface area (Å²) in [4.78, 5) is 3.84. The topological polar surface area (TPSA) is 50.9 Å². The van der Waals surface area contributed by atoms with Gasteiger partial charge in [0.2, 0.25) is 0 Å². The Balaban J connectivity index is 2.67. The van der Waals surface area contributed by atoms with Crippen molar-refractivity contribution >= 4 is 17.4 Å². The van der Waals surface area contributed by atoms with Crippen LogP contribution in [0.5, 0.6) is 0 Å². The molecule has 0 aliphatic heterocycles. The Bertz CT molecular complexity index is 306. The molecule has 0 aromatic carbocycles. The number of hydrogen-bond donors (Lipinski definition) is 2. The molecule has 1 atom stereocenters. The molecule has 1 aromatic rings. The van der Waals surface area contributed by atoms with Gasteiger partial charge in [0.1, 0.15) is 0 Å². The van der Waals surface area contributed by atoms with Crippen molar-refractivity contribution in [3.05, 3.63) is 23.1 Å². The molecule has 0 radical (unpaired) electrons. The van der Waals surface area contributed by atoms with Crippen LogP contribution in [-0.4, -0.2) is 17.6 Å². The second-order valence-corrected chi connectivity index (χ2v) is 3.54. The highest BCUT2D eigenvalue weighted by atomic mass is 35.5. The van der Waals surface area contributed by atoms with E-state index in [1.807, 2.05) is 6.92 Å².